The number of carbonyl (C=O) groups is 1. The fraction of sp³-hybridized carbons (Fsp3) is 0.474. The Bertz CT molecular complexity index is 769. The molecule has 0 aliphatic rings. The molecule has 7 heteroatoms. The molecule has 2 heterocycles. The first-order chi connectivity index (χ1) is 12.3. The van der Waals surface area contributed by atoms with Gasteiger partial charge in [-0.2, -0.15) is 10.1 Å². The fourth-order valence-electron chi connectivity index (χ4n) is 2.26. The second-order valence-electron chi connectivity index (χ2n) is 7.44. The second-order valence-corrected chi connectivity index (χ2v) is 7.44. The molecule has 0 aromatic carbocycles. The van der Waals surface area contributed by atoms with Crippen LogP contribution in [0.25, 0.3) is 0 Å². The number of anilines is 3. The lowest BCUT2D eigenvalue weighted by Gasteiger charge is -2.18. The van der Waals surface area contributed by atoms with Crippen LogP contribution in [0.4, 0.5) is 17.5 Å². The zero-order valence-electron chi connectivity index (χ0n) is 16.2. The predicted molar refractivity (Wildman–Crippen MR) is 105 cm³/mol. The molecule has 0 fully saturated rings. The SMILES string of the molecule is CC(C)=CCCCNc1nc(Nc2cnn(C(C)(C)C)c2)ncc1C=O. The van der Waals surface area contributed by atoms with Gasteiger partial charge in [0.1, 0.15) is 5.82 Å². The van der Waals surface area contributed by atoms with E-state index in [1.54, 1.807) is 6.20 Å². The number of rotatable bonds is 8. The van der Waals surface area contributed by atoms with E-state index >= 15 is 0 Å². The Morgan fingerprint density at radius 3 is 2.65 bits per heavy atom. The summed E-state index contributed by atoms with van der Waals surface area (Å²) in [5.74, 6) is 0.966. The van der Waals surface area contributed by atoms with Gasteiger partial charge in [0, 0.05) is 18.9 Å². The van der Waals surface area contributed by atoms with E-state index < -0.39 is 0 Å². The van der Waals surface area contributed by atoms with Crippen molar-refractivity contribution in [3.8, 4) is 0 Å². The van der Waals surface area contributed by atoms with E-state index in [0.717, 1.165) is 31.4 Å². The molecule has 26 heavy (non-hydrogen) atoms. The summed E-state index contributed by atoms with van der Waals surface area (Å²) >= 11 is 0. The van der Waals surface area contributed by atoms with Crippen LogP contribution in [-0.4, -0.2) is 32.6 Å². The molecule has 2 rings (SSSR count). The highest BCUT2D eigenvalue weighted by Gasteiger charge is 2.14. The highest BCUT2D eigenvalue weighted by molar-refractivity contribution is 5.82. The van der Waals surface area contributed by atoms with Crippen molar-refractivity contribution < 1.29 is 4.79 Å². The van der Waals surface area contributed by atoms with Crippen LogP contribution < -0.4 is 10.6 Å². The molecule has 0 saturated carbocycles. The lowest BCUT2D eigenvalue weighted by Crippen LogP contribution is -2.21. The van der Waals surface area contributed by atoms with Gasteiger partial charge in [-0.3, -0.25) is 9.48 Å². The van der Waals surface area contributed by atoms with Gasteiger partial charge in [0.25, 0.3) is 0 Å². The smallest absolute Gasteiger partial charge is 0.229 e. The number of aromatic nitrogens is 4. The van der Waals surface area contributed by atoms with Gasteiger partial charge in [-0.25, -0.2) is 4.98 Å². The van der Waals surface area contributed by atoms with Crippen molar-refractivity contribution in [3.63, 3.8) is 0 Å². The Balaban J connectivity index is 2.04. The third kappa shape index (κ3) is 5.68. The minimum absolute atomic E-state index is 0.0971. The van der Waals surface area contributed by atoms with Crippen LogP contribution in [0.5, 0.6) is 0 Å². The first-order valence-electron chi connectivity index (χ1n) is 8.81. The van der Waals surface area contributed by atoms with Crippen molar-refractivity contribution >= 4 is 23.7 Å². The number of nitrogens with zero attached hydrogens (tertiary/aromatic N) is 4. The molecule has 0 saturated heterocycles. The van der Waals surface area contributed by atoms with E-state index in [1.165, 1.54) is 11.8 Å². The quantitative estimate of drug-likeness (QED) is 0.420. The Morgan fingerprint density at radius 1 is 1.27 bits per heavy atom. The lowest BCUT2D eigenvalue weighted by atomic mass is 10.1. The van der Waals surface area contributed by atoms with Crippen LogP contribution in [0.3, 0.4) is 0 Å². The van der Waals surface area contributed by atoms with Crippen LogP contribution in [0.2, 0.25) is 0 Å². The van der Waals surface area contributed by atoms with Gasteiger partial charge in [0.05, 0.1) is 23.0 Å². The monoisotopic (exact) mass is 356 g/mol. The van der Waals surface area contributed by atoms with E-state index in [4.69, 9.17) is 0 Å². The average molecular weight is 356 g/mol. The summed E-state index contributed by atoms with van der Waals surface area (Å²) < 4.78 is 1.87. The Labute approximate surface area is 154 Å². The average Bonchev–Trinajstić information content (AvgIpc) is 3.03. The molecule has 140 valence electrons. The van der Waals surface area contributed by atoms with Crippen molar-refractivity contribution in [2.24, 2.45) is 0 Å². The summed E-state index contributed by atoms with van der Waals surface area (Å²) in [6.45, 7) is 11.1. The predicted octanol–water partition coefficient (Wildman–Crippen LogP) is 4.14. The molecule has 2 aromatic heterocycles. The molecule has 0 aliphatic heterocycles. The highest BCUT2D eigenvalue weighted by Crippen LogP contribution is 2.19. The molecule has 0 spiro atoms. The molecule has 0 aliphatic carbocycles. The minimum Gasteiger partial charge on any atom is -0.369 e. The molecule has 2 N–H and O–H groups in total. The van der Waals surface area contributed by atoms with Gasteiger partial charge in [0.2, 0.25) is 5.95 Å². The standard InChI is InChI=1S/C19H28N6O/c1-14(2)8-6-7-9-20-17-15(13-26)10-21-18(24-17)23-16-11-22-25(12-16)19(3,4)5/h8,10-13H,6-7,9H2,1-5H3,(H2,20,21,23,24). The molecular weight excluding hydrogens is 328 g/mol. The summed E-state index contributed by atoms with van der Waals surface area (Å²) in [7, 11) is 0. The largest absolute Gasteiger partial charge is 0.369 e. The highest BCUT2D eigenvalue weighted by atomic mass is 16.1. The minimum atomic E-state index is -0.0971. The normalized spacial score (nSPS) is 11.1. The summed E-state index contributed by atoms with van der Waals surface area (Å²) in [6, 6.07) is 0. The first-order valence-corrected chi connectivity index (χ1v) is 8.81. The molecule has 0 atom stereocenters. The van der Waals surface area contributed by atoms with Crippen molar-refractivity contribution in [1.82, 2.24) is 19.7 Å². The van der Waals surface area contributed by atoms with Gasteiger partial charge in [-0.1, -0.05) is 11.6 Å². The van der Waals surface area contributed by atoms with E-state index in [2.05, 4.69) is 66.4 Å². The Kier molecular flexibility index (Phi) is 6.49. The number of carbonyl (C=O) groups excluding carboxylic acids is 1. The molecule has 0 bridgehead atoms. The summed E-state index contributed by atoms with van der Waals surface area (Å²) in [5.41, 5.74) is 2.46. The Hall–Kier alpha value is -2.70. The maximum atomic E-state index is 11.2. The number of nitrogens with one attached hydrogen (secondary N) is 2. The van der Waals surface area contributed by atoms with Gasteiger partial charge in [-0.05, 0) is 47.5 Å². The van der Waals surface area contributed by atoms with Crippen LogP contribution in [-0.2, 0) is 5.54 Å². The number of unbranched alkanes of at least 4 members (excludes halogenated alkanes) is 1. The van der Waals surface area contributed by atoms with E-state index in [0.29, 0.717) is 17.3 Å². The van der Waals surface area contributed by atoms with Crippen molar-refractivity contribution in [2.75, 3.05) is 17.2 Å². The molecule has 7 nitrogen and oxygen atoms in total. The third-order valence-corrected chi connectivity index (χ3v) is 3.70. The summed E-state index contributed by atoms with van der Waals surface area (Å²) in [5, 5.41) is 10.7. The van der Waals surface area contributed by atoms with Crippen LogP contribution in [0.1, 0.15) is 57.8 Å². The van der Waals surface area contributed by atoms with Gasteiger partial charge >= 0.3 is 0 Å². The van der Waals surface area contributed by atoms with Gasteiger partial charge in [0.15, 0.2) is 6.29 Å². The first kappa shape index (κ1) is 19.6. The van der Waals surface area contributed by atoms with Gasteiger partial charge in [-0.15, -0.1) is 0 Å². The van der Waals surface area contributed by atoms with Crippen LogP contribution in [0, 0.1) is 0 Å². The lowest BCUT2D eigenvalue weighted by molar-refractivity contribution is 0.112. The van der Waals surface area contributed by atoms with E-state index in [1.807, 2.05) is 10.9 Å². The number of hydrogen-bond donors (Lipinski definition) is 2. The second kappa shape index (κ2) is 8.60. The number of hydrogen-bond acceptors (Lipinski definition) is 6. The number of aldehydes is 1. The summed E-state index contributed by atoms with van der Waals surface area (Å²) in [6.07, 6.45) is 10.1. The molecular formula is C19H28N6O. The summed E-state index contributed by atoms with van der Waals surface area (Å²) in [4.78, 5) is 19.9. The molecule has 2 aromatic rings. The number of allylic oxidation sites excluding steroid dienone is 2. The van der Waals surface area contributed by atoms with Crippen molar-refractivity contribution in [3.05, 3.63) is 35.8 Å². The maximum absolute atomic E-state index is 11.2. The van der Waals surface area contributed by atoms with Crippen molar-refractivity contribution in [1.29, 1.82) is 0 Å². The van der Waals surface area contributed by atoms with Crippen LogP contribution >= 0.6 is 0 Å². The molecule has 0 radical (unpaired) electrons. The van der Waals surface area contributed by atoms with E-state index in [9.17, 15) is 4.79 Å². The van der Waals surface area contributed by atoms with E-state index in [-0.39, 0.29) is 5.54 Å². The third-order valence-electron chi connectivity index (χ3n) is 3.70. The fourth-order valence-corrected chi connectivity index (χ4v) is 2.26. The zero-order valence-corrected chi connectivity index (χ0v) is 16.2. The molecule has 0 unspecified atom stereocenters. The maximum Gasteiger partial charge on any atom is 0.229 e. The van der Waals surface area contributed by atoms with Crippen molar-refractivity contribution in [2.45, 2.75) is 53.0 Å². The zero-order chi connectivity index (χ0) is 19.2. The van der Waals surface area contributed by atoms with Crippen LogP contribution in [0.15, 0.2) is 30.2 Å². The van der Waals surface area contributed by atoms with Gasteiger partial charge < -0.3 is 10.6 Å². The molecule has 0 amide bonds. The Morgan fingerprint density at radius 2 is 2.04 bits per heavy atom. The topological polar surface area (TPSA) is 84.7 Å².